The number of nitrogens with one attached hydrogen (secondary N) is 5. The highest BCUT2D eigenvalue weighted by molar-refractivity contribution is 5.96. The molecule has 4 aliphatic rings. The number of carbonyl (C=O) groups is 5. The van der Waals surface area contributed by atoms with Gasteiger partial charge in [-0.1, -0.05) is 78.1 Å². The number of hydrogen-bond acceptors (Lipinski definition) is 9. The third kappa shape index (κ3) is 12.1. The SMILES string of the molecule is CCC[C@H]1C(=O)N[C@@H](C2CCCCCC2)C(=O)N[C@@H](CN)C(=O)N[C@@H](COCC2CNC2)C(=O)N[C@H](C)O[C@H](CC2CCCCC2)[C@@H](C)C(=O)N1C. The summed E-state index contributed by atoms with van der Waals surface area (Å²) in [6.07, 6.45) is 11.4. The number of ether oxygens (including phenoxy) is 2. The zero-order chi connectivity index (χ0) is 37.6. The molecule has 7 N–H and O–H groups in total. The first-order valence-corrected chi connectivity index (χ1v) is 20.1. The standard InChI is InChI=1S/C38H67N7O7/c1-5-13-31-36(48)44-33(28-16-11-6-7-12-17-28)37(49)42-29(19-39)34(46)43-30(23-51-22-27-20-40-21-27)35(47)41-25(3)52-32(24(2)38(50)45(31)4)18-26-14-9-8-10-15-26/h24-33,40H,5-23,39H2,1-4H3,(H,41,47)(H,42,49)(H,43,46)(H,44,48)/t24-,25+,29+,30+,31+,32-,33+/m1/s1. The van der Waals surface area contributed by atoms with Crippen LogP contribution < -0.4 is 32.3 Å². The molecule has 0 radical (unpaired) electrons. The molecule has 0 unspecified atom stereocenters. The van der Waals surface area contributed by atoms with Gasteiger partial charge in [0.15, 0.2) is 0 Å². The third-order valence-corrected chi connectivity index (χ3v) is 11.6. The largest absolute Gasteiger partial charge is 0.378 e. The minimum Gasteiger partial charge on any atom is -0.378 e. The van der Waals surface area contributed by atoms with Crippen LogP contribution in [0.3, 0.4) is 0 Å². The highest BCUT2D eigenvalue weighted by Crippen LogP contribution is 2.31. The average molecular weight is 734 g/mol. The summed E-state index contributed by atoms with van der Waals surface area (Å²) in [4.78, 5) is 71.5. The summed E-state index contributed by atoms with van der Waals surface area (Å²) >= 11 is 0. The van der Waals surface area contributed by atoms with E-state index >= 15 is 0 Å². The van der Waals surface area contributed by atoms with Gasteiger partial charge in [-0.2, -0.15) is 0 Å². The Labute approximate surface area is 310 Å². The molecule has 2 aliphatic heterocycles. The van der Waals surface area contributed by atoms with Crippen molar-refractivity contribution in [2.24, 2.45) is 29.4 Å². The van der Waals surface area contributed by atoms with E-state index in [0.717, 1.165) is 77.3 Å². The Bertz CT molecular complexity index is 1170. The van der Waals surface area contributed by atoms with Crippen LogP contribution in [0.4, 0.5) is 0 Å². The van der Waals surface area contributed by atoms with E-state index in [9.17, 15) is 24.0 Å². The normalized spacial score (nSPS) is 32.1. The van der Waals surface area contributed by atoms with Crippen LogP contribution in [-0.2, 0) is 33.4 Å². The van der Waals surface area contributed by atoms with E-state index in [1.54, 1.807) is 14.0 Å². The fraction of sp³-hybridized carbons (Fsp3) is 0.868. The molecule has 5 amide bonds. The zero-order valence-electron chi connectivity index (χ0n) is 32.1. The minimum atomic E-state index is -1.16. The number of likely N-dealkylation sites (N-methyl/N-ethyl adjacent to an activating group) is 1. The van der Waals surface area contributed by atoms with Crippen molar-refractivity contribution in [3.63, 3.8) is 0 Å². The number of nitrogens with zero attached hydrogens (tertiary/aromatic N) is 1. The van der Waals surface area contributed by atoms with Crippen LogP contribution in [0.2, 0.25) is 0 Å². The lowest BCUT2D eigenvalue weighted by atomic mass is 9.82. The summed E-state index contributed by atoms with van der Waals surface area (Å²) < 4.78 is 12.4. The van der Waals surface area contributed by atoms with Gasteiger partial charge in [0.1, 0.15) is 30.4 Å². The predicted molar refractivity (Wildman–Crippen MR) is 198 cm³/mol. The molecule has 2 saturated heterocycles. The van der Waals surface area contributed by atoms with Crippen molar-refractivity contribution in [2.75, 3.05) is 39.9 Å². The summed E-state index contributed by atoms with van der Waals surface area (Å²) in [7, 11) is 1.65. The monoisotopic (exact) mass is 734 g/mol. The first-order valence-electron chi connectivity index (χ1n) is 20.1. The number of nitrogens with two attached hydrogens (primary N) is 1. The molecular weight excluding hydrogens is 666 g/mol. The topological polar surface area (TPSA) is 193 Å². The van der Waals surface area contributed by atoms with Gasteiger partial charge < -0.3 is 46.7 Å². The van der Waals surface area contributed by atoms with Crippen molar-refractivity contribution in [1.82, 2.24) is 31.5 Å². The Balaban J connectivity index is 1.67. The van der Waals surface area contributed by atoms with E-state index < -0.39 is 66.0 Å². The van der Waals surface area contributed by atoms with Crippen molar-refractivity contribution < 1.29 is 33.4 Å². The summed E-state index contributed by atoms with van der Waals surface area (Å²) in [5, 5.41) is 14.7. The van der Waals surface area contributed by atoms with Gasteiger partial charge in [-0.25, -0.2) is 0 Å². The molecule has 296 valence electrons. The molecule has 4 rings (SSSR count). The molecule has 0 aromatic heterocycles. The second-order valence-corrected chi connectivity index (χ2v) is 15.8. The van der Waals surface area contributed by atoms with Crippen molar-refractivity contribution in [3.8, 4) is 0 Å². The predicted octanol–water partition coefficient (Wildman–Crippen LogP) is 1.70. The number of carbonyl (C=O) groups excluding carboxylic acids is 5. The van der Waals surface area contributed by atoms with Gasteiger partial charge in [-0.15, -0.1) is 0 Å². The Morgan fingerprint density at radius 1 is 0.750 bits per heavy atom. The summed E-state index contributed by atoms with van der Waals surface area (Å²) in [6, 6.07) is -3.98. The molecule has 0 aromatic rings. The van der Waals surface area contributed by atoms with E-state index in [4.69, 9.17) is 15.2 Å². The first kappa shape index (κ1) is 41.9. The van der Waals surface area contributed by atoms with Crippen LogP contribution in [0.5, 0.6) is 0 Å². The van der Waals surface area contributed by atoms with Crippen LogP contribution in [0.1, 0.15) is 111 Å². The maximum atomic E-state index is 14.3. The molecule has 2 aliphatic carbocycles. The van der Waals surface area contributed by atoms with Gasteiger partial charge >= 0.3 is 0 Å². The Kier molecular flexibility index (Phi) is 17.1. The second kappa shape index (κ2) is 21.2. The molecule has 0 spiro atoms. The summed E-state index contributed by atoms with van der Waals surface area (Å²) in [6.45, 7) is 7.27. The van der Waals surface area contributed by atoms with Crippen LogP contribution in [-0.4, -0.2) is 111 Å². The lowest BCUT2D eigenvalue weighted by Gasteiger charge is -2.36. The molecule has 14 heteroatoms. The highest BCUT2D eigenvalue weighted by Gasteiger charge is 2.39. The molecule has 4 fully saturated rings. The highest BCUT2D eigenvalue weighted by atomic mass is 16.5. The van der Waals surface area contributed by atoms with Gasteiger partial charge in [0.05, 0.1) is 25.2 Å². The average Bonchev–Trinajstić information content (AvgIpc) is 3.40. The van der Waals surface area contributed by atoms with Crippen molar-refractivity contribution in [2.45, 2.75) is 147 Å². The van der Waals surface area contributed by atoms with Gasteiger partial charge in [0, 0.05) is 32.6 Å². The molecule has 2 saturated carbocycles. The summed E-state index contributed by atoms with van der Waals surface area (Å²) in [5.41, 5.74) is 6.05. The molecule has 14 nitrogen and oxygen atoms in total. The summed E-state index contributed by atoms with van der Waals surface area (Å²) in [5.74, 6) is -2.32. The van der Waals surface area contributed by atoms with Crippen molar-refractivity contribution >= 4 is 29.5 Å². The Morgan fingerprint density at radius 3 is 1.98 bits per heavy atom. The zero-order valence-corrected chi connectivity index (χ0v) is 32.1. The Hall–Kier alpha value is -2.81. The fourth-order valence-corrected chi connectivity index (χ4v) is 8.19. The van der Waals surface area contributed by atoms with E-state index in [-0.39, 0.29) is 25.0 Å². The fourth-order valence-electron chi connectivity index (χ4n) is 8.19. The molecular formula is C38H67N7O7. The second-order valence-electron chi connectivity index (χ2n) is 15.8. The van der Waals surface area contributed by atoms with E-state index in [0.29, 0.717) is 37.7 Å². The molecule has 52 heavy (non-hydrogen) atoms. The minimum absolute atomic E-state index is 0.0865. The maximum absolute atomic E-state index is 14.3. The number of rotatable bonds is 10. The molecule has 0 aromatic carbocycles. The van der Waals surface area contributed by atoms with Crippen molar-refractivity contribution in [3.05, 3.63) is 0 Å². The number of hydrogen-bond donors (Lipinski definition) is 6. The Morgan fingerprint density at radius 2 is 1.37 bits per heavy atom. The van der Waals surface area contributed by atoms with Gasteiger partial charge in [0.25, 0.3) is 0 Å². The first-order chi connectivity index (χ1) is 25.0. The molecule has 0 bridgehead atoms. The molecule has 7 atom stereocenters. The van der Waals surface area contributed by atoms with Crippen LogP contribution in [0.25, 0.3) is 0 Å². The van der Waals surface area contributed by atoms with Crippen LogP contribution in [0, 0.1) is 23.7 Å². The lowest BCUT2D eigenvalue weighted by molar-refractivity contribution is -0.151. The van der Waals surface area contributed by atoms with Crippen LogP contribution in [0.15, 0.2) is 0 Å². The van der Waals surface area contributed by atoms with E-state index in [1.807, 2.05) is 13.8 Å². The van der Waals surface area contributed by atoms with E-state index in [1.165, 1.54) is 11.3 Å². The maximum Gasteiger partial charge on any atom is 0.246 e. The lowest BCUT2D eigenvalue weighted by Crippen LogP contribution is -2.62. The van der Waals surface area contributed by atoms with Crippen LogP contribution >= 0.6 is 0 Å². The third-order valence-electron chi connectivity index (χ3n) is 11.6. The smallest absolute Gasteiger partial charge is 0.246 e. The van der Waals surface area contributed by atoms with E-state index in [2.05, 4.69) is 26.6 Å². The quantitative estimate of drug-likeness (QED) is 0.181. The van der Waals surface area contributed by atoms with Gasteiger partial charge in [-0.05, 0) is 44.4 Å². The van der Waals surface area contributed by atoms with Gasteiger partial charge in [-0.3, -0.25) is 24.0 Å². The number of amides is 5. The molecule has 2 heterocycles. The van der Waals surface area contributed by atoms with Gasteiger partial charge in [0.2, 0.25) is 29.5 Å². The van der Waals surface area contributed by atoms with Crippen molar-refractivity contribution in [1.29, 1.82) is 0 Å².